The van der Waals surface area contributed by atoms with Crippen LogP contribution in [0.3, 0.4) is 0 Å². The molecule has 3 aromatic carbocycles. The Morgan fingerprint density at radius 1 is 0.939 bits per heavy atom. The number of nitrogens with zero attached hydrogens (tertiary/aromatic N) is 2. The van der Waals surface area contributed by atoms with Crippen LogP contribution in [0.15, 0.2) is 79.1 Å². The van der Waals surface area contributed by atoms with Crippen molar-refractivity contribution in [3.63, 3.8) is 0 Å². The summed E-state index contributed by atoms with van der Waals surface area (Å²) in [6, 6.07) is 22.5. The molecule has 5 nitrogen and oxygen atoms in total. The predicted molar refractivity (Wildman–Crippen MR) is 132 cm³/mol. The molecule has 0 spiro atoms. The lowest BCUT2D eigenvalue weighted by Crippen LogP contribution is -2.23. The number of nitrogens with two attached hydrogens (primary N) is 1. The van der Waals surface area contributed by atoms with Crippen LogP contribution >= 0.6 is 0 Å². The van der Waals surface area contributed by atoms with Crippen LogP contribution in [0, 0.1) is 13.8 Å². The topological polar surface area (TPSA) is 72.9 Å². The molecule has 1 aromatic heterocycles. The van der Waals surface area contributed by atoms with Crippen molar-refractivity contribution in [3.8, 4) is 0 Å². The summed E-state index contributed by atoms with van der Waals surface area (Å²) in [5.74, 6) is -0.0657. The molecular formula is C28H30N4O. The second-order valence-corrected chi connectivity index (χ2v) is 8.56. The summed E-state index contributed by atoms with van der Waals surface area (Å²) in [7, 11) is 0. The molecule has 0 atom stereocenters. The molecule has 0 radical (unpaired) electrons. The van der Waals surface area contributed by atoms with Gasteiger partial charge in [0, 0.05) is 24.8 Å². The maximum absolute atomic E-state index is 12.7. The number of hydrogen-bond donors (Lipinski definition) is 2. The molecule has 168 valence electrons. The van der Waals surface area contributed by atoms with E-state index in [1.54, 1.807) is 0 Å². The van der Waals surface area contributed by atoms with E-state index in [2.05, 4.69) is 46.8 Å². The van der Waals surface area contributed by atoms with Gasteiger partial charge < -0.3 is 11.1 Å². The van der Waals surface area contributed by atoms with Gasteiger partial charge in [-0.15, -0.1) is 0 Å². The van der Waals surface area contributed by atoms with Crippen LogP contribution in [0.25, 0.3) is 0 Å². The van der Waals surface area contributed by atoms with Crippen molar-refractivity contribution in [1.82, 2.24) is 15.1 Å². The number of nitrogens with one attached hydrogen (secondary N) is 1. The molecule has 0 aliphatic rings. The van der Waals surface area contributed by atoms with Gasteiger partial charge in [0.15, 0.2) is 0 Å². The van der Waals surface area contributed by atoms with Crippen molar-refractivity contribution in [2.75, 3.05) is 0 Å². The third-order valence-corrected chi connectivity index (χ3v) is 5.81. The van der Waals surface area contributed by atoms with E-state index >= 15 is 0 Å². The maximum atomic E-state index is 12.7. The highest BCUT2D eigenvalue weighted by Crippen LogP contribution is 2.15. The van der Waals surface area contributed by atoms with Gasteiger partial charge in [-0.2, -0.15) is 5.10 Å². The standard InChI is InChI=1S/C28H30N4O/c1-20-16-31-32(18-20)19-23-8-6-22(7-9-23)13-24-4-3-5-26(14-24)28(33)30-17-27-11-10-25(15-29)12-21(27)2/h3-12,14,16,18H,13,15,17,19,29H2,1-2H3,(H,30,33). The Labute approximate surface area is 195 Å². The van der Waals surface area contributed by atoms with E-state index in [1.807, 2.05) is 61.3 Å². The van der Waals surface area contributed by atoms with E-state index < -0.39 is 0 Å². The third-order valence-electron chi connectivity index (χ3n) is 5.81. The van der Waals surface area contributed by atoms with Crippen molar-refractivity contribution < 1.29 is 4.79 Å². The zero-order chi connectivity index (χ0) is 23.2. The molecule has 0 aliphatic carbocycles. The van der Waals surface area contributed by atoms with Crippen LogP contribution in [0.4, 0.5) is 0 Å². The van der Waals surface area contributed by atoms with Crippen molar-refractivity contribution in [2.24, 2.45) is 5.73 Å². The number of carbonyl (C=O) groups is 1. The second-order valence-electron chi connectivity index (χ2n) is 8.56. The molecule has 0 fully saturated rings. The van der Waals surface area contributed by atoms with E-state index in [-0.39, 0.29) is 5.91 Å². The first-order chi connectivity index (χ1) is 16.0. The first-order valence-corrected chi connectivity index (χ1v) is 11.2. The smallest absolute Gasteiger partial charge is 0.251 e. The highest BCUT2D eigenvalue weighted by Gasteiger charge is 2.08. The van der Waals surface area contributed by atoms with Crippen LogP contribution in [-0.4, -0.2) is 15.7 Å². The Morgan fingerprint density at radius 3 is 2.39 bits per heavy atom. The van der Waals surface area contributed by atoms with Gasteiger partial charge >= 0.3 is 0 Å². The fraction of sp³-hybridized carbons (Fsp3) is 0.214. The van der Waals surface area contributed by atoms with Crippen molar-refractivity contribution in [3.05, 3.63) is 124 Å². The van der Waals surface area contributed by atoms with Crippen molar-refractivity contribution in [2.45, 2.75) is 39.9 Å². The van der Waals surface area contributed by atoms with Crippen LogP contribution in [0.2, 0.25) is 0 Å². The second kappa shape index (κ2) is 10.3. The molecule has 1 amide bonds. The van der Waals surface area contributed by atoms with E-state index in [1.165, 1.54) is 11.1 Å². The highest BCUT2D eigenvalue weighted by atomic mass is 16.1. The number of benzene rings is 3. The van der Waals surface area contributed by atoms with Gasteiger partial charge in [0.05, 0.1) is 12.7 Å². The number of aryl methyl sites for hydroxylation is 2. The molecule has 3 N–H and O–H groups in total. The molecule has 33 heavy (non-hydrogen) atoms. The van der Waals surface area contributed by atoms with Crippen LogP contribution < -0.4 is 11.1 Å². The minimum atomic E-state index is -0.0657. The van der Waals surface area contributed by atoms with Gasteiger partial charge in [-0.1, -0.05) is 54.6 Å². The van der Waals surface area contributed by atoms with E-state index in [0.717, 1.165) is 40.8 Å². The maximum Gasteiger partial charge on any atom is 0.251 e. The summed E-state index contributed by atoms with van der Waals surface area (Å²) >= 11 is 0. The average Bonchev–Trinajstić information content (AvgIpc) is 3.24. The summed E-state index contributed by atoms with van der Waals surface area (Å²) in [6.07, 6.45) is 4.69. The molecule has 0 aliphatic heterocycles. The largest absolute Gasteiger partial charge is 0.348 e. The van der Waals surface area contributed by atoms with Crippen LogP contribution in [0.5, 0.6) is 0 Å². The number of carbonyl (C=O) groups excluding carboxylic acids is 1. The lowest BCUT2D eigenvalue weighted by molar-refractivity contribution is 0.0951. The number of rotatable bonds is 8. The average molecular weight is 439 g/mol. The normalized spacial score (nSPS) is 10.9. The predicted octanol–water partition coefficient (Wildman–Crippen LogP) is 4.53. The highest BCUT2D eigenvalue weighted by molar-refractivity contribution is 5.94. The molecule has 0 unspecified atom stereocenters. The Morgan fingerprint density at radius 2 is 1.70 bits per heavy atom. The van der Waals surface area contributed by atoms with E-state index in [4.69, 9.17) is 5.73 Å². The van der Waals surface area contributed by atoms with Crippen LogP contribution in [-0.2, 0) is 26.1 Å². The van der Waals surface area contributed by atoms with Gasteiger partial charge in [-0.3, -0.25) is 9.48 Å². The molecule has 4 aromatic rings. The molecule has 0 saturated heterocycles. The summed E-state index contributed by atoms with van der Waals surface area (Å²) in [5, 5.41) is 7.39. The zero-order valence-electron chi connectivity index (χ0n) is 19.2. The van der Waals surface area contributed by atoms with Gasteiger partial charge in [-0.05, 0) is 71.3 Å². The SMILES string of the molecule is Cc1cnn(Cc2ccc(Cc3cccc(C(=O)NCc4ccc(CN)cc4C)c3)cc2)c1. The Hall–Kier alpha value is -3.70. The Balaban J connectivity index is 1.36. The Bertz CT molecular complexity index is 1240. The summed E-state index contributed by atoms with van der Waals surface area (Å²) in [6.45, 7) is 5.87. The first kappa shape index (κ1) is 22.5. The lowest BCUT2D eigenvalue weighted by atomic mass is 10.0. The minimum Gasteiger partial charge on any atom is -0.348 e. The monoisotopic (exact) mass is 438 g/mol. The fourth-order valence-electron chi connectivity index (χ4n) is 3.92. The van der Waals surface area contributed by atoms with Gasteiger partial charge in [-0.25, -0.2) is 0 Å². The van der Waals surface area contributed by atoms with Gasteiger partial charge in [0.25, 0.3) is 5.91 Å². The summed E-state index contributed by atoms with van der Waals surface area (Å²) < 4.78 is 1.94. The fourth-order valence-corrected chi connectivity index (χ4v) is 3.92. The molecule has 0 bridgehead atoms. The summed E-state index contributed by atoms with van der Waals surface area (Å²) in [4.78, 5) is 12.7. The zero-order valence-corrected chi connectivity index (χ0v) is 19.2. The molecule has 0 saturated carbocycles. The summed E-state index contributed by atoms with van der Waals surface area (Å²) in [5.41, 5.74) is 14.4. The molecule has 5 heteroatoms. The van der Waals surface area contributed by atoms with E-state index in [9.17, 15) is 4.79 Å². The van der Waals surface area contributed by atoms with Crippen molar-refractivity contribution in [1.29, 1.82) is 0 Å². The minimum absolute atomic E-state index is 0.0657. The lowest BCUT2D eigenvalue weighted by Gasteiger charge is -2.10. The molecule has 1 heterocycles. The Kier molecular flexibility index (Phi) is 7.01. The molecule has 4 rings (SSSR count). The van der Waals surface area contributed by atoms with E-state index in [0.29, 0.717) is 18.7 Å². The quantitative estimate of drug-likeness (QED) is 0.425. The van der Waals surface area contributed by atoms with Gasteiger partial charge in [0.2, 0.25) is 0 Å². The van der Waals surface area contributed by atoms with Crippen LogP contribution in [0.1, 0.15) is 49.3 Å². The molecular weight excluding hydrogens is 408 g/mol. The number of aromatic nitrogens is 2. The third kappa shape index (κ3) is 5.96. The number of amides is 1. The number of hydrogen-bond acceptors (Lipinski definition) is 3. The van der Waals surface area contributed by atoms with Gasteiger partial charge in [0.1, 0.15) is 0 Å². The van der Waals surface area contributed by atoms with Crippen molar-refractivity contribution >= 4 is 5.91 Å². The first-order valence-electron chi connectivity index (χ1n) is 11.2.